The van der Waals surface area contributed by atoms with E-state index in [0.717, 1.165) is 83.0 Å². The molecule has 3 nitrogen and oxygen atoms in total. The Morgan fingerprint density at radius 1 is 0.323 bits per heavy atom. The number of aromatic nitrogens is 2. The summed E-state index contributed by atoms with van der Waals surface area (Å²) in [5, 5.41) is 5.58. The van der Waals surface area contributed by atoms with E-state index in [0.29, 0.717) is 5.82 Å². The molecule has 13 rings (SSSR count). The van der Waals surface area contributed by atoms with Crippen LogP contribution in [0.25, 0.3) is 88.5 Å². The molecule has 0 saturated heterocycles. The van der Waals surface area contributed by atoms with Crippen LogP contribution in [0.1, 0.15) is 22.3 Å². The Morgan fingerprint density at radius 3 is 1.55 bits per heavy atom. The van der Waals surface area contributed by atoms with Crippen LogP contribution in [0.5, 0.6) is 11.5 Å². The molecular formula is C59H36N2O. The third kappa shape index (κ3) is 5.06. The molecule has 1 aliphatic heterocycles. The lowest BCUT2D eigenvalue weighted by molar-refractivity contribution is 0.447. The Balaban J connectivity index is 0.957. The fourth-order valence-corrected chi connectivity index (χ4v) is 10.3. The molecule has 0 N–H and O–H groups in total. The summed E-state index contributed by atoms with van der Waals surface area (Å²) in [5.41, 5.74) is 15.3. The van der Waals surface area contributed by atoms with Gasteiger partial charge in [0.2, 0.25) is 0 Å². The SMILES string of the molecule is c1ccc(-c2ccc(-c3nc(-c4ccc(-c5ccc6c(c5)C5(c7ccccc7-6)c6ccc7ccccc7c6Oc6c5ccc5ccccc65)cc4)nc4ccccc34)cc2)cc1. The highest BCUT2D eigenvalue weighted by molar-refractivity contribution is 6.00. The predicted octanol–water partition coefficient (Wildman–Crippen LogP) is 15.1. The van der Waals surface area contributed by atoms with Crippen molar-refractivity contribution in [3.05, 3.63) is 241 Å². The van der Waals surface area contributed by atoms with E-state index < -0.39 is 5.41 Å². The van der Waals surface area contributed by atoms with Gasteiger partial charge in [-0.3, -0.25) is 0 Å². The second-order valence-corrected chi connectivity index (χ2v) is 16.4. The number of hydrogen-bond acceptors (Lipinski definition) is 3. The summed E-state index contributed by atoms with van der Waals surface area (Å²) < 4.78 is 7.17. The van der Waals surface area contributed by atoms with Crippen LogP contribution in [0.4, 0.5) is 0 Å². The fraction of sp³-hybridized carbons (Fsp3) is 0.0169. The molecule has 288 valence electrons. The van der Waals surface area contributed by atoms with Gasteiger partial charge in [0.15, 0.2) is 5.82 Å². The molecule has 0 fully saturated rings. The quantitative estimate of drug-likeness (QED) is 0.178. The first-order chi connectivity index (χ1) is 30.7. The minimum atomic E-state index is -0.604. The molecule has 3 heteroatoms. The molecule has 62 heavy (non-hydrogen) atoms. The van der Waals surface area contributed by atoms with Crippen LogP contribution in [0.3, 0.4) is 0 Å². The number of nitrogens with zero attached hydrogens (tertiary/aromatic N) is 2. The van der Waals surface area contributed by atoms with Crippen LogP contribution >= 0.6 is 0 Å². The van der Waals surface area contributed by atoms with Gasteiger partial charge in [-0.15, -0.1) is 0 Å². The number of ether oxygens (including phenoxy) is 1. The van der Waals surface area contributed by atoms with Gasteiger partial charge in [0.1, 0.15) is 11.5 Å². The summed E-state index contributed by atoms with van der Waals surface area (Å²) in [4.78, 5) is 10.3. The average Bonchev–Trinajstić information content (AvgIpc) is 3.63. The summed E-state index contributed by atoms with van der Waals surface area (Å²) >= 11 is 0. The molecule has 0 saturated carbocycles. The van der Waals surface area contributed by atoms with Crippen LogP contribution in [0.15, 0.2) is 218 Å². The Bertz CT molecular complexity index is 3510. The minimum absolute atomic E-state index is 0.604. The molecule has 0 amide bonds. The van der Waals surface area contributed by atoms with Gasteiger partial charge in [-0.25, -0.2) is 9.97 Å². The molecule has 0 atom stereocenters. The Morgan fingerprint density at radius 2 is 0.839 bits per heavy atom. The van der Waals surface area contributed by atoms with E-state index in [1.54, 1.807) is 0 Å². The average molecular weight is 789 g/mol. The highest BCUT2D eigenvalue weighted by atomic mass is 16.5. The highest BCUT2D eigenvalue weighted by Crippen LogP contribution is 2.64. The molecule has 2 aliphatic rings. The van der Waals surface area contributed by atoms with Gasteiger partial charge in [-0.2, -0.15) is 0 Å². The zero-order valence-electron chi connectivity index (χ0n) is 33.6. The molecule has 11 aromatic rings. The first-order valence-electron chi connectivity index (χ1n) is 21.2. The summed E-state index contributed by atoms with van der Waals surface area (Å²) in [6.45, 7) is 0. The van der Waals surface area contributed by atoms with Gasteiger partial charge >= 0.3 is 0 Å². The Hall–Kier alpha value is -8.14. The van der Waals surface area contributed by atoms with Crippen molar-refractivity contribution in [3.8, 4) is 67.5 Å². The molecule has 0 unspecified atom stereocenters. The number of rotatable bonds is 4. The Kier molecular flexibility index (Phi) is 7.52. The molecule has 2 heterocycles. The van der Waals surface area contributed by atoms with Crippen molar-refractivity contribution in [2.75, 3.05) is 0 Å². The summed E-state index contributed by atoms with van der Waals surface area (Å²) in [6, 6.07) is 78.5. The standard InChI is InChI=1S/C59H36N2O/c1-2-12-37(13-3-1)38-22-26-42(27-23-38)55-49-19-9-11-21-54(49)60-58(61-55)43-28-24-39(25-29-43)44-30-33-48-47-18-8-10-20-50(47)59(53(48)36-44)51-34-31-40-14-4-6-16-45(40)56(51)62-57-46-17-7-5-15-41(46)32-35-52(57)59/h1-36H. The normalized spacial score (nSPS) is 13.1. The topological polar surface area (TPSA) is 35.0 Å². The number of fused-ring (bicyclic) bond motifs is 14. The van der Waals surface area contributed by atoms with Crippen molar-refractivity contribution in [2.24, 2.45) is 0 Å². The van der Waals surface area contributed by atoms with E-state index >= 15 is 0 Å². The predicted molar refractivity (Wildman–Crippen MR) is 254 cm³/mol. The maximum atomic E-state index is 7.17. The van der Waals surface area contributed by atoms with Crippen LogP contribution in [-0.4, -0.2) is 9.97 Å². The second-order valence-electron chi connectivity index (χ2n) is 16.4. The monoisotopic (exact) mass is 788 g/mol. The maximum absolute atomic E-state index is 7.17. The van der Waals surface area contributed by atoms with Crippen molar-refractivity contribution in [3.63, 3.8) is 0 Å². The largest absolute Gasteiger partial charge is 0.455 e. The van der Waals surface area contributed by atoms with E-state index in [1.807, 2.05) is 12.1 Å². The Labute approximate surface area is 359 Å². The molecule has 10 aromatic carbocycles. The van der Waals surface area contributed by atoms with Gasteiger partial charge in [0.25, 0.3) is 0 Å². The summed E-state index contributed by atoms with van der Waals surface area (Å²) in [7, 11) is 0. The first-order valence-corrected chi connectivity index (χ1v) is 21.2. The van der Waals surface area contributed by atoms with E-state index in [2.05, 4.69) is 206 Å². The van der Waals surface area contributed by atoms with Gasteiger partial charge in [0.05, 0.1) is 16.6 Å². The summed E-state index contributed by atoms with van der Waals surface area (Å²) in [5.74, 6) is 2.55. The van der Waals surface area contributed by atoms with E-state index in [9.17, 15) is 0 Å². The molecule has 1 aromatic heterocycles. The van der Waals surface area contributed by atoms with Gasteiger partial charge in [-0.1, -0.05) is 206 Å². The van der Waals surface area contributed by atoms with Crippen molar-refractivity contribution in [1.29, 1.82) is 0 Å². The molecule has 1 aliphatic carbocycles. The van der Waals surface area contributed by atoms with Crippen molar-refractivity contribution < 1.29 is 4.74 Å². The molecule has 0 bridgehead atoms. The van der Waals surface area contributed by atoms with E-state index in [1.165, 1.54) is 33.4 Å². The number of benzene rings is 10. The molecule has 1 spiro atoms. The fourth-order valence-electron chi connectivity index (χ4n) is 10.3. The van der Waals surface area contributed by atoms with Crippen molar-refractivity contribution >= 4 is 32.4 Å². The number of hydrogen-bond donors (Lipinski definition) is 0. The zero-order chi connectivity index (χ0) is 40.8. The summed E-state index contributed by atoms with van der Waals surface area (Å²) in [6.07, 6.45) is 0. The molecular weight excluding hydrogens is 753 g/mol. The lowest BCUT2D eigenvalue weighted by Gasteiger charge is -2.40. The van der Waals surface area contributed by atoms with Crippen LogP contribution < -0.4 is 4.74 Å². The maximum Gasteiger partial charge on any atom is 0.160 e. The van der Waals surface area contributed by atoms with Crippen LogP contribution in [0, 0.1) is 0 Å². The van der Waals surface area contributed by atoms with Crippen LogP contribution in [-0.2, 0) is 5.41 Å². The van der Waals surface area contributed by atoms with E-state index in [4.69, 9.17) is 14.7 Å². The first kappa shape index (κ1) is 34.7. The van der Waals surface area contributed by atoms with E-state index in [-0.39, 0.29) is 0 Å². The van der Waals surface area contributed by atoms with Crippen molar-refractivity contribution in [2.45, 2.75) is 5.41 Å². The lowest BCUT2D eigenvalue weighted by atomic mass is 9.65. The smallest absolute Gasteiger partial charge is 0.160 e. The third-order valence-corrected chi connectivity index (χ3v) is 13.2. The van der Waals surface area contributed by atoms with Gasteiger partial charge in [-0.05, 0) is 67.4 Å². The number of para-hydroxylation sites is 1. The van der Waals surface area contributed by atoms with Crippen molar-refractivity contribution in [1.82, 2.24) is 9.97 Å². The highest BCUT2D eigenvalue weighted by Gasteiger charge is 2.51. The van der Waals surface area contributed by atoms with Gasteiger partial charge in [0, 0.05) is 38.4 Å². The minimum Gasteiger partial charge on any atom is -0.455 e. The molecule has 0 radical (unpaired) electrons. The van der Waals surface area contributed by atoms with Crippen LogP contribution in [0.2, 0.25) is 0 Å². The lowest BCUT2D eigenvalue weighted by Crippen LogP contribution is -2.32. The van der Waals surface area contributed by atoms with Gasteiger partial charge < -0.3 is 4.74 Å². The zero-order valence-corrected chi connectivity index (χ0v) is 33.6. The third-order valence-electron chi connectivity index (χ3n) is 13.2. The second kappa shape index (κ2) is 13.4.